The Labute approximate surface area is 173 Å². The molecule has 3 heterocycles. The number of furan rings is 1. The lowest BCUT2D eigenvalue weighted by Crippen LogP contribution is -2.40. The fourth-order valence-corrected chi connectivity index (χ4v) is 4.67. The fourth-order valence-electron chi connectivity index (χ4n) is 4.67. The van der Waals surface area contributed by atoms with Gasteiger partial charge in [-0.05, 0) is 35.7 Å². The Kier molecular flexibility index (Phi) is 3.78. The van der Waals surface area contributed by atoms with Crippen molar-refractivity contribution in [2.75, 3.05) is 6.54 Å². The van der Waals surface area contributed by atoms with Crippen LogP contribution in [-0.2, 0) is 6.42 Å². The largest absolute Gasteiger partial charge is 0.451 e. The SMILES string of the molecule is O=C(c1cc2ccccc2o1)N1CCc2c([nH]c3ccccc23)[C@@H]1c1ccccc1. The van der Waals surface area contributed by atoms with E-state index in [0.717, 1.165) is 34.2 Å². The van der Waals surface area contributed by atoms with Gasteiger partial charge in [-0.25, -0.2) is 0 Å². The van der Waals surface area contributed by atoms with E-state index in [1.54, 1.807) is 0 Å². The molecule has 5 aromatic rings. The minimum absolute atomic E-state index is 0.0793. The van der Waals surface area contributed by atoms with Gasteiger partial charge < -0.3 is 14.3 Å². The highest BCUT2D eigenvalue weighted by molar-refractivity contribution is 5.97. The Morgan fingerprint density at radius 3 is 2.57 bits per heavy atom. The zero-order chi connectivity index (χ0) is 20.1. The molecule has 0 saturated heterocycles. The zero-order valence-electron chi connectivity index (χ0n) is 16.3. The van der Waals surface area contributed by atoms with Crippen LogP contribution in [0.5, 0.6) is 0 Å². The lowest BCUT2D eigenvalue weighted by atomic mass is 9.92. The van der Waals surface area contributed by atoms with Crippen molar-refractivity contribution in [2.24, 2.45) is 0 Å². The second-order valence-electron chi connectivity index (χ2n) is 7.77. The number of nitrogens with zero attached hydrogens (tertiary/aromatic N) is 1. The average molecular weight is 392 g/mol. The maximum Gasteiger partial charge on any atom is 0.290 e. The van der Waals surface area contributed by atoms with Crippen LogP contribution >= 0.6 is 0 Å². The Hall–Kier alpha value is -3.79. The molecule has 30 heavy (non-hydrogen) atoms. The number of H-pyrrole nitrogens is 1. The van der Waals surface area contributed by atoms with E-state index in [0.29, 0.717) is 12.3 Å². The van der Waals surface area contributed by atoms with Crippen LogP contribution in [0.4, 0.5) is 0 Å². The summed E-state index contributed by atoms with van der Waals surface area (Å²) in [6.07, 6.45) is 0.814. The number of hydrogen-bond acceptors (Lipinski definition) is 2. The Balaban J connectivity index is 1.50. The predicted molar refractivity (Wildman–Crippen MR) is 118 cm³/mol. The van der Waals surface area contributed by atoms with E-state index < -0.39 is 0 Å². The minimum Gasteiger partial charge on any atom is -0.451 e. The molecule has 1 aliphatic heterocycles. The number of hydrogen-bond donors (Lipinski definition) is 1. The number of aromatic amines is 1. The van der Waals surface area contributed by atoms with Crippen LogP contribution in [0.3, 0.4) is 0 Å². The van der Waals surface area contributed by atoms with Gasteiger partial charge in [0.25, 0.3) is 5.91 Å². The van der Waals surface area contributed by atoms with Crippen molar-refractivity contribution in [3.63, 3.8) is 0 Å². The van der Waals surface area contributed by atoms with E-state index in [1.807, 2.05) is 59.5 Å². The van der Waals surface area contributed by atoms with E-state index in [2.05, 4.69) is 35.3 Å². The van der Waals surface area contributed by atoms with Crippen molar-refractivity contribution in [3.8, 4) is 0 Å². The number of carbonyl (C=O) groups is 1. The molecule has 0 radical (unpaired) electrons. The highest BCUT2D eigenvalue weighted by Crippen LogP contribution is 2.39. The number of para-hydroxylation sites is 2. The van der Waals surface area contributed by atoms with Crippen molar-refractivity contribution in [1.29, 1.82) is 0 Å². The van der Waals surface area contributed by atoms with Crippen LogP contribution in [0.15, 0.2) is 89.3 Å². The molecule has 1 atom stereocenters. The standard InChI is InChI=1S/C26H20N2O2/c29-26(23-16-18-10-4-7-13-22(18)30-23)28-15-14-20-19-11-5-6-12-21(19)27-24(20)25(28)17-8-2-1-3-9-17/h1-13,16,25,27H,14-15H2/t25-/m0/s1. The number of amides is 1. The molecule has 3 aromatic carbocycles. The van der Waals surface area contributed by atoms with E-state index in [9.17, 15) is 4.79 Å². The first kappa shape index (κ1) is 17.1. The van der Waals surface area contributed by atoms with Gasteiger partial charge >= 0.3 is 0 Å². The monoisotopic (exact) mass is 392 g/mol. The Bertz CT molecular complexity index is 1350. The van der Waals surface area contributed by atoms with Crippen molar-refractivity contribution in [1.82, 2.24) is 9.88 Å². The summed E-state index contributed by atoms with van der Waals surface area (Å²) < 4.78 is 5.91. The van der Waals surface area contributed by atoms with Crippen LogP contribution in [0.1, 0.15) is 33.4 Å². The van der Waals surface area contributed by atoms with E-state index in [-0.39, 0.29) is 11.9 Å². The van der Waals surface area contributed by atoms with Gasteiger partial charge in [-0.3, -0.25) is 4.79 Å². The molecular formula is C26H20N2O2. The van der Waals surface area contributed by atoms with Crippen LogP contribution in [0.2, 0.25) is 0 Å². The lowest BCUT2D eigenvalue weighted by Gasteiger charge is -2.35. The molecule has 0 saturated carbocycles. The van der Waals surface area contributed by atoms with E-state index in [1.165, 1.54) is 10.9 Å². The van der Waals surface area contributed by atoms with Gasteiger partial charge in [-0.2, -0.15) is 0 Å². The first-order chi connectivity index (χ1) is 14.8. The van der Waals surface area contributed by atoms with Gasteiger partial charge in [0.05, 0.1) is 6.04 Å². The average Bonchev–Trinajstić information content (AvgIpc) is 3.40. The normalized spacial score (nSPS) is 16.1. The molecule has 146 valence electrons. The summed E-state index contributed by atoms with van der Waals surface area (Å²) in [5.41, 5.74) is 5.34. The van der Waals surface area contributed by atoms with Crippen LogP contribution < -0.4 is 0 Å². The highest BCUT2D eigenvalue weighted by atomic mass is 16.3. The lowest BCUT2D eigenvalue weighted by molar-refractivity contribution is 0.0662. The van der Waals surface area contributed by atoms with Crippen molar-refractivity contribution in [3.05, 3.63) is 108 Å². The third-order valence-electron chi connectivity index (χ3n) is 6.05. The molecule has 1 aliphatic rings. The van der Waals surface area contributed by atoms with Crippen molar-refractivity contribution < 1.29 is 9.21 Å². The summed E-state index contributed by atoms with van der Waals surface area (Å²) in [6.45, 7) is 0.643. The van der Waals surface area contributed by atoms with Crippen LogP contribution in [-0.4, -0.2) is 22.3 Å². The molecule has 4 nitrogen and oxygen atoms in total. The van der Waals surface area contributed by atoms with Crippen molar-refractivity contribution in [2.45, 2.75) is 12.5 Å². The summed E-state index contributed by atoms with van der Waals surface area (Å²) in [5, 5.41) is 2.18. The minimum atomic E-state index is -0.178. The number of carbonyl (C=O) groups excluding carboxylic acids is 1. The molecule has 1 N–H and O–H groups in total. The van der Waals surface area contributed by atoms with Gasteiger partial charge in [-0.1, -0.05) is 66.7 Å². The number of rotatable bonds is 2. The topological polar surface area (TPSA) is 49.2 Å². The summed E-state index contributed by atoms with van der Waals surface area (Å²) in [5.74, 6) is 0.307. The first-order valence-electron chi connectivity index (χ1n) is 10.2. The second-order valence-corrected chi connectivity index (χ2v) is 7.77. The molecule has 0 unspecified atom stereocenters. The maximum absolute atomic E-state index is 13.6. The number of benzene rings is 3. The number of fused-ring (bicyclic) bond motifs is 4. The molecule has 0 aliphatic carbocycles. The highest BCUT2D eigenvalue weighted by Gasteiger charge is 2.35. The second kappa shape index (κ2) is 6.63. The maximum atomic E-state index is 13.6. The summed E-state index contributed by atoms with van der Waals surface area (Å²) in [7, 11) is 0. The van der Waals surface area contributed by atoms with E-state index >= 15 is 0 Å². The van der Waals surface area contributed by atoms with Crippen molar-refractivity contribution >= 4 is 27.8 Å². The summed E-state index contributed by atoms with van der Waals surface area (Å²) in [6, 6.07) is 28.0. The molecule has 6 rings (SSSR count). The molecule has 1 amide bonds. The third kappa shape index (κ3) is 2.57. The smallest absolute Gasteiger partial charge is 0.290 e. The van der Waals surface area contributed by atoms with Crippen LogP contribution in [0, 0.1) is 0 Å². The molecule has 0 fully saturated rings. The quantitative estimate of drug-likeness (QED) is 0.419. The summed E-state index contributed by atoms with van der Waals surface area (Å²) in [4.78, 5) is 19.1. The van der Waals surface area contributed by atoms with E-state index in [4.69, 9.17) is 4.42 Å². The molecule has 4 heteroatoms. The molecule has 0 bridgehead atoms. The summed E-state index contributed by atoms with van der Waals surface area (Å²) >= 11 is 0. The van der Waals surface area contributed by atoms with Gasteiger partial charge in [0.1, 0.15) is 5.58 Å². The predicted octanol–water partition coefficient (Wildman–Crippen LogP) is 5.70. The molecule has 0 spiro atoms. The van der Waals surface area contributed by atoms with Gasteiger partial charge in [0.2, 0.25) is 0 Å². The Morgan fingerprint density at radius 1 is 0.933 bits per heavy atom. The van der Waals surface area contributed by atoms with Gasteiger partial charge in [-0.15, -0.1) is 0 Å². The Morgan fingerprint density at radius 2 is 1.70 bits per heavy atom. The zero-order valence-corrected chi connectivity index (χ0v) is 16.3. The van der Waals surface area contributed by atoms with Gasteiger partial charge in [0.15, 0.2) is 5.76 Å². The number of nitrogens with one attached hydrogen (secondary N) is 1. The first-order valence-corrected chi connectivity index (χ1v) is 10.2. The molecular weight excluding hydrogens is 372 g/mol. The third-order valence-corrected chi connectivity index (χ3v) is 6.05. The molecule has 2 aromatic heterocycles. The fraction of sp³-hybridized carbons (Fsp3) is 0.115. The van der Waals surface area contributed by atoms with Crippen LogP contribution in [0.25, 0.3) is 21.9 Å². The van der Waals surface area contributed by atoms with Gasteiger partial charge in [0, 0.05) is 28.5 Å². The number of aromatic nitrogens is 1.